The fourth-order valence-electron chi connectivity index (χ4n) is 5.90. The summed E-state index contributed by atoms with van der Waals surface area (Å²) in [6, 6.07) is -0.994. The van der Waals surface area contributed by atoms with Gasteiger partial charge in [0.05, 0.1) is 27.4 Å². The monoisotopic (exact) mass is 592 g/mol. The zero-order valence-electron chi connectivity index (χ0n) is 43.0. The van der Waals surface area contributed by atoms with E-state index in [-0.39, 0.29) is 71.3 Å². The van der Waals surface area contributed by atoms with Gasteiger partial charge in [-0.2, -0.15) is 0 Å². The molecule has 9 aromatic rings. The first kappa shape index (κ1) is 12.6. The molecule has 0 unspecified atom stereocenters. The van der Waals surface area contributed by atoms with Gasteiger partial charge in [0.15, 0.2) is 0 Å². The highest BCUT2D eigenvalue weighted by molar-refractivity contribution is 6.27. The fraction of sp³-hybridized carbons (Fsp3) is 0. The first-order chi connectivity index (χ1) is 30.7. The van der Waals surface area contributed by atoms with Crippen LogP contribution in [0.25, 0.3) is 88.0 Å². The maximum absolute atomic E-state index is 9.64. The van der Waals surface area contributed by atoms with Crippen LogP contribution in [-0.2, 0) is 0 Å². The van der Waals surface area contributed by atoms with E-state index in [0.29, 0.717) is 0 Å². The molecule has 0 aliphatic heterocycles. The van der Waals surface area contributed by atoms with Crippen LogP contribution < -0.4 is 0 Å². The molecule has 0 atom stereocenters. The fourth-order valence-corrected chi connectivity index (χ4v) is 5.90. The predicted molar refractivity (Wildman–Crippen MR) is 190 cm³/mol. The molecule has 1 nitrogen and oxygen atoms in total. The molecule has 0 aliphatic rings. The van der Waals surface area contributed by atoms with Crippen LogP contribution in [0.3, 0.4) is 0 Å². The lowest BCUT2D eigenvalue weighted by Gasteiger charge is -2.20. The highest BCUT2D eigenvalue weighted by Crippen LogP contribution is 2.50. The van der Waals surface area contributed by atoms with Crippen LogP contribution in [0.5, 0.6) is 0 Å². The molecule has 0 saturated heterocycles. The molecule has 1 heteroatoms. The van der Waals surface area contributed by atoms with Crippen molar-refractivity contribution >= 4 is 43.5 Å². The van der Waals surface area contributed by atoms with E-state index in [2.05, 4.69) is 0 Å². The van der Waals surface area contributed by atoms with Crippen molar-refractivity contribution in [1.82, 2.24) is 0 Å². The Balaban J connectivity index is 1.57. The predicted octanol–water partition coefficient (Wildman–Crippen LogP) is 12.6. The van der Waals surface area contributed by atoms with E-state index >= 15 is 0 Å². The summed E-state index contributed by atoms with van der Waals surface area (Å²) in [4.78, 5) is 0. The molecule has 8 aromatic carbocycles. The third-order valence-electron chi connectivity index (χ3n) is 7.69. The van der Waals surface area contributed by atoms with E-state index in [0.717, 1.165) is 0 Å². The van der Waals surface area contributed by atoms with Crippen molar-refractivity contribution in [3.63, 3.8) is 0 Å². The summed E-state index contributed by atoms with van der Waals surface area (Å²) >= 11 is 0. The maximum atomic E-state index is 9.64. The molecule has 9 rings (SSSR count). The van der Waals surface area contributed by atoms with E-state index in [1.165, 1.54) is 0 Å². The number of hydrogen-bond donors (Lipinski definition) is 0. The molecule has 0 radical (unpaired) electrons. The summed E-state index contributed by atoms with van der Waals surface area (Å²) in [5.41, 5.74) is -2.70. The molecule has 0 bridgehead atoms. The molecule has 0 spiro atoms. The number of para-hydroxylation sites is 1. The molecule has 45 heavy (non-hydrogen) atoms. The normalized spacial score (nSPS) is 17.8. The summed E-state index contributed by atoms with van der Waals surface area (Å²) in [6.45, 7) is 0. The van der Waals surface area contributed by atoms with Crippen LogP contribution in [0.4, 0.5) is 0 Å². The number of hydrogen-bond acceptors (Lipinski definition) is 1. The lowest BCUT2D eigenvalue weighted by molar-refractivity contribution is 0.669. The van der Waals surface area contributed by atoms with E-state index in [1.54, 1.807) is 48.5 Å². The largest absolute Gasteiger partial charge is 0.456 e. The molecule has 0 saturated carbocycles. The minimum Gasteiger partial charge on any atom is -0.456 e. The van der Waals surface area contributed by atoms with Gasteiger partial charge in [0.25, 0.3) is 0 Å². The Labute approximate surface area is 289 Å². The second kappa shape index (κ2) is 10.4. The topological polar surface area (TPSA) is 13.1 Å². The Bertz CT molecular complexity index is 3550. The van der Waals surface area contributed by atoms with Crippen molar-refractivity contribution in [2.75, 3.05) is 0 Å². The van der Waals surface area contributed by atoms with Gasteiger partial charge in [-0.15, -0.1) is 0 Å². The van der Waals surface area contributed by atoms with Gasteiger partial charge in [0.1, 0.15) is 11.2 Å². The minimum atomic E-state index is -0.757. The Morgan fingerprint density at radius 2 is 0.933 bits per heavy atom. The average molecular weight is 593 g/mol. The average Bonchev–Trinajstić information content (AvgIpc) is 3.70. The molecule has 210 valence electrons. The summed E-state index contributed by atoms with van der Waals surface area (Å²) in [6.07, 6.45) is 0. The molecular weight excluding hydrogens is 544 g/mol. The Hall–Kier alpha value is -5.92. The molecule has 0 aliphatic carbocycles. The van der Waals surface area contributed by atoms with Crippen LogP contribution in [0.15, 0.2) is 174 Å². The van der Waals surface area contributed by atoms with Gasteiger partial charge in [0, 0.05) is 16.3 Å². The number of benzene rings is 8. The quantitative estimate of drug-likeness (QED) is 0.185. The van der Waals surface area contributed by atoms with Gasteiger partial charge >= 0.3 is 0 Å². The van der Waals surface area contributed by atoms with Crippen molar-refractivity contribution in [3.05, 3.63) is 169 Å². The Morgan fingerprint density at radius 3 is 1.62 bits per heavy atom. The smallest absolute Gasteiger partial charge is 0.136 e. The van der Waals surface area contributed by atoms with Gasteiger partial charge in [-0.25, -0.2) is 0 Å². The van der Waals surface area contributed by atoms with Crippen LogP contribution in [0, 0.1) is 0 Å². The third kappa shape index (κ3) is 4.09. The molecular formula is C44H28O. The maximum Gasteiger partial charge on any atom is 0.136 e. The second-order valence-electron chi connectivity index (χ2n) is 10.1. The van der Waals surface area contributed by atoms with Crippen molar-refractivity contribution in [2.24, 2.45) is 0 Å². The third-order valence-corrected chi connectivity index (χ3v) is 7.69. The number of furan rings is 1. The Kier molecular flexibility index (Phi) is 2.90. The zero-order chi connectivity index (χ0) is 47.1. The second-order valence-corrected chi connectivity index (χ2v) is 10.1. The van der Waals surface area contributed by atoms with Crippen LogP contribution in [0.2, 0.25) is 0 Å². The summed E-state index contributed by atoms with van der Waals surface area (Å²) in [7, 11) is 0. The van der Waals surface area contributed by atoms with Crippen molar-refractivity contribution in [3.8, 4) is 44.5 Å². The van der Waals surface area contributed by atoms with Crippen LogP contribution >= 0.6 is 0 Å². The van der Waals surface area contributed by atoms with Gasteiger partial charge in [0.2, 0.25) is 0 Å². The molecule has 0 amide bonds. The SMILES string of the molecule is [2H]c1c([2H])c([2H])c(-c2c([2H])c([2H])c([2H])c(-c3c4ccccc4c(-c4c(-c5c([2H])c([2H])c([2H])c([2H])c5[2H])c([2H])c([2H])c5oc6c([2H])c([2H])c([2H])c([2H])c6c45)c4ccccc34)c2[2H])c([2H])c1[2H]. The van der Waals surface area contributed by atoms with Crippen molar-refractivity contribution in [1.29, 1.82) is 0 Å². The summed E-state index contributed by atoms with van der Waals surface area (Å²) < 4.78 is 183. The lowest BCUT2D eigenvalue weighted by Crippen LogP contribution is -1.94. The molecule has 0 N–H and O–H groups in total. The van der Waals surface area contributed by atoms with Crippen molar-refractivity contribution in [2.45, 2.75) is 0 Å². The molecule has 1 aromatic heterocycles. The highest BCUT2D eigenvalue weighted by Gasteiger charge is 2.23. The van der Waals surface area contributed by atoms with Gasteiger partial charge in [-0.3, -0.25) is 0 Å². The molecule has 0 fully saturated rings. The Morgan fingerprint density at radius 1 is 0.378 bits per heavy atom. The summed E-state index contributed by atoms with van der Waals surface area (Å²) in [5, 5.41) is 0.597. The van der Waals surface area contributed by atoms with E-state index in [9.17, 15) is 5.48 Å². The first-order valence-corrected chi connectivity index (χ1v) is 13.8. The van der Waals surface area contributed by atoms with Crippen LogP contribution in [-0.4, -0.2) is 0 Å². The zero-order valence-corrected chi connectivity index (χ0v) is 23.0. The minimum absolute atomic E-state index is 0.109. The van der Waals surface area contributed by atoms with Gasteiger partial charge in [-0.1, -0.05) is 151 Å². The van der Waals surface area contributed by atoms with E-state index < -0.39 is 138 Å². The standard InChI is InChI=1S/C44H28O/c1-3-14-29(15-4-1)31-18-13-19-32(28-31)41-34-20-7-9-22-36(34)42(37-23-10-8-21-35(37)41)44-33(30-16-5-2-6-17-30)26-27-40-43(44)38-24-11-12-25-39(38)45-40/h1-28H/i1D,2D,3D,4D,5D,6D,11D,12D,13D,14D,15D,16D,17D,18D,19D,24D,25D,26D,27D,28D. The first-order valence-electron chi connectivity index (χ1n) is 23.8. The highest BCUT2D eigenvalue weighted by atomic mass is 16.3. The molecule has 1 heterocycles. The van der Waals surface area contributed by atoms with Crippen LogP contribution in [0.1, 0.15) is 27.4 Å². The number of rotatable bonds is 4. The van der Waals surface area contributed by atoms with E-state index in [4.69, 9.17) is 26.3 Å². The van der Waals surface area contributed by atoms with Crippen molar-refractivity contribution < 1.29 is 31.8 Å². The number of fused-ring (bicyclic) bond motifs is 5. The lowest BCUT2D eigenvalue weighted by atomic mass is 9.82. The van der Waals surface area contributed by atoms with Gasteiger partial charge < -0.3 is 4.42 Å². The van der Waals surface area contributed by atoms with E-state index in [1.807, 2.05) is 0 Å². The van der Waals surface area contributed by atoms with Gasteiger partial charge in [-0.05, 0) is 78.6 Å². The summed E-state index contributed by atoms with van der Waals surface area (Å²) in [5.74, 6) is 0.